The predicted octanol–water partition coefficient (Wildman–Crippen LogP) is 3.21. The Morgan fingerprint density at radius 2 is 1.83 bits per heavy atom. The molecule has 154 valence electrons. The van der Waals surface area contributed by atoms with Crippen LogP contribution in [0, 0.1) is 6.92 Å². The van der Waals surface area contributed by atoms with Gasteiger partial charge < -0.3 is 4.90 Å². The summed E-state index contributed by atoms with van der Waals surface area (Å²) in [6.07, 6.45) is 11.7. The predicted molar refractivity (Wildman–Crippen MR) is 113 cm³/mol. The summed E-state index contributed by atoms with van der Waals surface area (Å²) >= 11 is 1.94. The third kappa shape index (κ3) is 3.94. The number of hydrogen-bond donors (Lipinski definition) is 0. The summed E-state index contributed by atoms with van der Waals surface area (Å²) in [5, 5.41) is 1.30. The molecular formula is C22H29N5OS. The SMILES string of the molecule is Cc1cncc(C(=O)N2CCC(c3nc4c(s3)CCN(C3CCC3)CC4)CC2)n1. The lowest BCUT2D eigenvalue weighted by Crippen LogP contribution is -2.41. The Morgan fingerprint density at radius 3 is 2.55 bits per heavy atom. The maximum absolute atomic E-state index is 12.7. The van der Waals surface area contributed by atoms with Crippen molar-refractivity contribution in [2.45, 2.75) is 63.8 Å². The summed E-state index contributed by atoms with van der Waals surface area (Å²) in [6, 6.07) is 0.837. The van der Waals surface area contributed by atoms with E-state index in [0.29, 0.717) is 11.6 Å². The molecular weight excluding hydrogens is 382 g/mol. The second-order valence-electron chi connectivity index (χ2n) is 8.65. The van der Waals surface area contributed by atoms with Gasteiger partial charge in [0, 0.05) is 55.6 Å². The van der Waals surface area contributed by atoms with Crippen LogP contribution in [0.4, 0.5) is 0 Å². The Labute approximate surface area is 176 Å². The summed E-state index contributed by atoms with van der Waals surface area (Å²) < 4.78 is 0. The monoisotopic (exact) mass is 411 g/mol. The highest BCUT2D eigenvalue weighted by molar-refractivity contribution is 7.11. The van der Waals surface area contributed by atoms with Crippen molar-refractivity contribution in [3.05, 3.63) is 39.4 Å². The number of nitrogens with zero attached hydrogens (tertiary/aromatic N) is 5. The summed E-state index contributed by atoms with van der Waals surface area (Å²) in [5.74, 6) is 0.493. The molecule has 0 atom stereocenters. The van der Waals surface area contributed by atoms with E-state index in [1.165, 1.54) is 47.9 Å². The molecule has 1 saturated carbocycles. The summed E-state index contributed by atoms with van der Waals surface area (Å²) in [7, 11) is 0. The lowest BCUT2D eigenvalue weighted by atomic mass is 9.91. The van der Waals surface area contributed by atoms with Crippen molar-refractivity contribution in [2.75, 3.05) is 26.2 Å². The third-order valence-corrected chi connectivity index (χ3v) is 8.07. The molecule has 29 heavy (non-hydrogen) atoms. The van der Waals surface area contributed by atoms with Crippen LogP contribution in [0.15, 0.2) is 12.4 Å². The first-order chi connectivity index (χ1) is 14.2. The molecule has 0 aromatic carbocycles. The highest BCUT2D eigenvalue weighted by atomic mass is 32.1. The zero-order valence-corrected chi connectivity index (χ0v) is 18.0. The molecule has 0 N–H and O–H groups in total. The van der Waals surface area contributed by atoms with Gasteiger partial charge in [0.05, 0.1) is 22.6 Å². The highest BCUT2D eigenvalue weighted by Gasteiger charge is 2.30. The molecule has 0 unspecified atom stereocenters. The van der Waals surface area contributed by atoms with Gasteiger partial charge in [-0.2, -0.15) is 0 Å². The van der Waals surface area contributed by atoms with Crippen LogP contribution in [0.25, 0.3) is 0 Å². The average Bonchev–Trinajstić information content (AvgIpc) is 3.02. The minimum Gasteiger partial charge on any atom is -0.337 e. The van der Waals surface area contributed by atoms with E-state index in [4.69, 9.17) is 4.98 Å². The fourth-order valence-corrected chi connectivity index (χ4v) is 6.02. The molecule has 1 saturated heterocycles. The molecule has 0 radical (unpaired) electrons. The van der Waals surface area contributed by atoms with Gasteiger partial charge >= 0.3 is 0 Å². The van der Waals surface area contributed by atoms with Crippen molar-refractivity contribution in [3.63, 3.8) is 0 Å². The van der Waals surface area contributed by atoms with Crippen LogP contribution in [0.3, 0.4) is 0 Å². The first-order valence-electron chi connectivity index (χ1n) is 11.0. The molecule has 2 fully saturated rings. The zero-order valence-electron chi connectivity index (χ0n) is 17.1. The van der Waals surface area contributed by atoms with E-state index >= 15 is 0 Å². The van der Waals surface area contributed by atoms with Gasteiger partial charge in [-0.15, -0.1) is 11.3 Å². The molecule has 5 rings (SSSR count). The van der Waals surface area contributed by atoms with Crippen molar-refractivity contribution in [2.24, 2.45) is 0 Å². The molecule has 1 amide bonds. The van der Waals surface area contributed by atoms with E-state index in [2.05, 4.69) is 14.9 Å². The van der Waals surface area contributed by atoms with Crippen LogP contribution in [-0.2, 0) is 12.8 Å². The van der Waals surface area contributed by atoms with Crippen LogP contribution < -0.4 is 0 Å². The molecule has 2 aromatic rings. The number of thiazole rings is 1. The molecule has 2 aliphatic heterocycles. The lowest BCUT2D eigenvalue weighted by Gasteiger charge is -2.36. The number of likely N-dealkylation sites (tertiary alicyclic amines) is 1. The molecule has 0 bridgehead atoms. The largest absolute Gasteiger partial charge is 0.337 e. The fraction of sp³-hybridized carbons (Fsp3) is 0.636. The van der Waals surface area contributed by atoms with Gasteiger partial charge in [0.2, 0.25) is 0 Å². The number of amides is 1. The molecule has 4 heterocycles. The van der Waals surface area contributed by atoms with Crippen LogP contribution in [-0.4, -0.2) is 62.9 Å². The van der Waals surface area contributed by atoms with E-state index in [1.54, 1.807) is 12.4 Å². The van der Waals surface area contributed by atoms with Crippen molar-refractivity contribution in [3.8, 4) is 0 Å². The molecule has 2 aromatic heterocycles. The van der Waals surface area contributed by atoms with Crippen LogP contribution >= 0.6 is 11.3 Å². The Morgan fingerprint density at radius 1 is 1.03 bits per heavy atom. The molecule has 1 aliphatic carbocycles. The van der Waals surface area contributed by atoms with Gasteiger partial charge in [-0.1, -0.05) is 6.42 Å². The summed E-state index contributed by atoms with van der Waals surface area (Å²) in [4.78, 5) is 32.4. The Hall–Kier alpha value is -1.86. The Kier molecular flexibility index (Phi) is 5.35. The molecule has 6 nitrogen and oxygen atoms in total. The Balaban J connectivity index is 1.19. The van der Waals surface area contributed by atoms with Crippen molar-refractivity contribution in [1.82, 2.24) is 24.8 Å². The van der Waals surface area contributed by atoms with E-state index < -0.39 is 0 Å². The number of aromatic nitrogens is 3. The minimum atomic E-state index is 0.00524. The standard InChI is InChI=1S/C22H29N5OS/c1-15-13-23-14-19(24-15)22(28)27-9-5-16(6-10-27)21-25-18-7-11-26(17-3-2-4-17)12-8-20(18)29-21/h13-14,16-17H,2-12H2,1H3. The average molecular weight is 412 g/mol. The molecule has 3 aliphatic rings. The van der Waals surface area contributed by atoms with Crippen molar-refractivity contribution in [1.29, 1.82) is 0 Å². The zero-order chi connectivity index (χ0) is 19.8. The van der Waals surface area contributed by atoms with Gasteiger partial charge in [-0.05, 0) is 39.0 Å². The highest BCUT2D eigenvalue weighted by Crippen LogP contribution is 2.35. The van der Waals surface area contributed by atoms with E-state index in [9.17, 15) is 4.79 Å². The van der Waals surface area contributed by atoms with Gasteiger partial charge in [0.25, 0.3) is 5.91 Å². The number of piperidine rings is 1. The smallest absolute Gasteiger partial charge is 0.274 e. The van der Waals surface area contributed by atoms with E-state index in [0.717, 1.165) is 50.5 Å². The minimum absolute atomic E-state index is 0.00524. The third-order valence-electron chi connectivity index (χ3n) is 6.75. The first kappa shape index (κ1) is 19.1. The maximum Gasteiger partial charge on any atom is 0.274 e. The number of carbonyl (C=O) groups is 1. The fourth-order valence-electron chi connectivity index (χ4n) is 4.75. The Bertz CT molecular complexity index is 860. The van der Waals surface area contributed by atoms with Crippen LogP contribution in [0.5, 0.6) is 0 Å². The number of aryl methyl sites for hydroxylation is 1. The first-order valence-corrected chi connectivity index (χ1v) is 11.8. The second-order valence-corrected chi connectivity index (χ2v) is 9.77. The van der Waals surface area contributed by atoms with Crippen LogP contribution in [0.1, 0.15) is 69.8 Å². The lowest BCUT2D eigenvalue weighted by molar-refractivity contribution is 0.0706. The van der Waals surface area contributed by atoms with Gasteiger partial charge in [0.15, 0.2) is 0 Å². The number of fused-ring (bicyclic) bond motifs is 1. The van der Waals surface area contributed by atoms with Crippen LogP contribution in [0.2, 0.25) is 0 Å². The van der Waals surface area contributed by atoms with E-state index in [1.807, 2.05) is 23.2 Å². The van der Waals surface area contributed by atoms with Crippen molar-refractivity contribution < 1.29 is 4.79 Å². The second kappa shape index (κ2) is 8.11. The topological polar surface area (TPSA) is 62.2 Å². The van der Waals surface area contributed by atoms with E-state index in [-0.39, 0.29) is 5.91 Å². The quantitative estimate of drug-likeness (QED) is 0.776. The summed E-state index contributed by atoms with van der Waals surface area (Å²) in [5.41, 5.74) is 2.59. The number of carbonyl (C=O) groups excluding carboxylic acids is 1. The maximum atomic E-state index is 12.7. The molecule has 0 spiro atoms. The molecule has 7 heteroatoms. The van der Waals surface area contributed by atoms with Gasteiger partial charge in [0.1, 0.15) is 5.69 Å². The van der Waals surface area contributed by atoms with Crippen molar-refractivity contribution >= 4 is 17.2 Å². The summed E-state index contributed by atoms with van der Waals surface area (Å²) in [6.45, 7) is 5.79. The normalized spacial score (nSPS) is 21.5. The number of rotatable bonds is 3. The number of hydrogen-bond acceptors (Lipinski definition) is 6. The van der Waals surface area contributed by atoms with Gasteiger partial charge in [-0.3, -0.25) is 14.7 Å². The van der Waals surface area contributed by atoms with Gasteiger partial charge in [-0.25, -0.2) is 9.97 Å².